The van der Waals surface area contributed by atoms with E-state index in [4.69, 9.17) is 9.05 Å². The molecule has 0 aliphatic carbocycles. The molecule has 0 bridgehead atoms. The van der Waals surface area contributed by atoms with Crippen molar-refractivity contribution in [3.8, 4) is 0 Å². The Kier molecular flexibility index (Phi) is 33.3. The van der Waals surface area contributed by atoms with Gasteiger partial charge < -0.3 is 19.8 Å². The fourth-order valence-corrected chi connectivity index (χ4v) is 5.82. The Balaban J connectivity index is 4.52. The van der Waals surface area contributed by atoms with Crippen LogP contribution in [0.5, 0.6) is 0 Å². The third-order valence-electron chi connectivity index (χ3n) is 8.36. The van der Waals surface area contributed by atoms with Gasteiger partial charge in [-0.3, -0.25) is 13.8 Å². The van der Waals surface area contributed by atoms with E-state index in [1.807, 2.05) is 27.2 Å². The Hall–Kier alpha value is -2.06. The zero-order valence-electron chi connectivity index (χ0n) is 33.8. The summed E-state index contributed by atoms with van der Waals surface area (Å²) in [6.07, 6.45) is 45.4. The van der Waals surface area contributed by atoms with E-state index in [0.29, 0.717) is 17.4 Å². The van der Waals surface area contributed by atoms with Crippen molar-refractivity contribution in [1.82, 2.24) is 5.32 Å². The monoisotopic (exact) mass is 750 g/mol. The van der Waals surface area contributed by atoms with Crippen molar-refractivity contribution >= 4 is 13.7 Å². The molecule has 0 fully saturated rings. The predicted molar refractivity (Wildman–Crippen MR) is 221 cm³/mol. The SMILES string of the molecule is CCC/C=C/CC/C=C/CC/C=C/C(O)C(COP(=O)(O)OCC[N+](C)(C)C)NC(=O)CCCCCCCC/C=C\C/C=C\C/C=C\CCCCC. The highest BCUT2D eigenvalue weighted by atomic mass is 31.2. The van der Waals surface area contributed by atoms with E-state index in [0.717, 1.165) is 77.0 Å². The van der Waals surface area contributed by atoms with E-state index in [9.17, 15) is 19.4 Å². The summed E-state index contributed by atoms with van der Waals surface area (Å²) in [5.41, 5.74) is 0. The van der Waals surface area contributed by atoms with E-state index < -0.39 is 20.0 Å². The molecule has 0 aromatic heterocycles. The van der Waals surface area contributed by atoms with Crippen LogP contribution in [0.2, 0.25) is 0 Å². The van der Waals surface area contributed by atoms with Gasteiger partial charge in [-0.1, -0.05) is 132 Å². The molecule has 8 nitrogen and oxygen atoms in total. The third-order valence-corrected chi connectivity index (χ3v) is 9.34. The minimum Gasteiger partial charge on any atom is -0.387 e. The van der Waals surface area contributed by atoms with Crippen molar-refractivity contribution in [3.63, 3.8) is 0 Å². The maximum atomic E-state index is 12.8. The highest BCUT2D eigenvalue weighted by Crippen LogP contribution is 2.43. The normalized spacial score (nSPS) is 15.3. The van der Waals surface area contributed by atoms with Gasteiger partial charge in [0.2, 0.25) is 5.91 Å². The lowest BCUT2D eigenvalue weighted by atomic mass is 10.1. The van der Waals surface area contributed by atoms with E-state index in [1.165, 1.54) is 44.9 Å². The lowest BCUT2D eigenvalue weighted by molar-refractivity contribution is -0.870. The molecule has 52 heavy (non-hydrogen) atoms. The molecule has 0 saturated heterocycles. The number of nitrogens with one attached hydrogen (secondary N) is 1. The van der Waals surface area contributed by atoms with Crippen molar-refractivity contribution in [2.45, 2.75) is 154 Å². The first-order chi connectivity index (χ1) is 25.0. The molecule has 0 rings (SSSR count). The number of likely N-dealkylation sites (N-methyl/N-ethyl adjacent to an activating group) is 1. The van der Waals surface area contributed by atoms with Gasteiger partial charge in [0.1, 0.15) is 13.2 Å². The molecule has 3 N–H and O–H groups in total. The molecular formula is C43H78N2O6P+. The number of nitrogens with zero attached hydrogens (tertiary/aromatic N) is 1. The number of hydrogen-bond acceptors (Lipinski definition) is 5. The van der Waals surface area contributed by atoms with Crippen LogP contribution in [0.4, 0.5) is 0 Å². The van der Waals surface area contributed by atoms with E-state index in [2.05, 4.69) is 79.9 Å². The fourth-order valence-electron chi connectivity index (χ4n) is 5.08. The molecular weight excluding hydrogens is 671 g/mol. The van der Waals surface area contributed by atoms with Crippen LogP contribution in [0.25, 0.3) is 0 Å². The van der Waals surface area contributed by atoms with Gasteiger partial charge >= 0.3 is 7.82 Å². The number of phosphoric acid groups is 1. The minimum atomic E-state index is -4.35. The topological polar surface area (TPSA) is 105 Å². The van der Waals surface area contributed by atoms with Crippen molar-refractivity contribution in [1.29, 1.82) is 0 Å². The molecule has 1 amide bonds. The Morgan fingerprint density at radius 2 is 1.15 bits per heavy atom. The van der Waals surface area contributed by atoms with Gasteiger partial charge in [0, 0.05) is 6.42 Å². The Bertz CT molecular complexity index is 1080. The van der Waals surface area contributed by atoms with Crippen molar-refractivity contribution in [3.05, 3.63) is 72.9 Å². The molecule has 0 aromatic rings. The summed E-state index contributed by atoms with van der Waals surface area (Å²) in [4.78, 5) is 23.0. The number of quaternary nitrogens is 1. The molecule has 0 aliphatic rings. The summed E-state index contributed by atoms with van der Waals surface area (Å²) in [6, 6.07) is -0.877. The largest absolute Gasteiger partial charge is 0.472 e. The zero-order chi connectivity index (χ0) is 38.6. The van der Waals surface area contributed by atoms with E-state index in [1.54, 1.807) is 6.08 Å². The first-order valence-electron chi connectivity index (χ1n) is 20.3. The Labute approximate surface area is 319 Å². The second-order valence-corrected chi connectivity index (χ2v) is 16.1. The van der Waals surface area contributed by atoms with E-state index >= 15 is 0 Å². The number of amides is 1. The van der Waals surface area contributed by atoms with Crippen LogP contribution in [0.15, 0.2) is 72.9 Å². The van der Waals surface area contributed by atoms with Gasteiger partial charge in [-0.2, -0.15) is 0 Å². The molecule has 0 heterocycles. The summed E-state index contributed by atoms with van der Waals surface area (Å²) in [6.45, 7) is 4.63. The van der Waals surface area contributed by atoms with Gasteiger partial charge in [-0.15, -0.1) is 0 Å². The minimum absolute atomic E-state index is 0.0468. The summed E-state index contributed by atoms with van der Waals surface area (Å²) in [5.74, 6) is -0.210. The molecule has 0 radical (unpaired) electrons. The maximum absolute atomic E-state index is 12.8. The second kappa shape index (κ2) is 34.7. The van der Waals surface area contributed by atoms with Gasteiger partial charge in [0.15, 0.2) is 0 Å². The Morgan fingerprint density at radius 3 is 1.73 bits per heavy atom. The third kappa shape index (κ3) is 36.3. The molecule has 0 aliphatic heterocycles. The molecule has 9 heteroatoms. The predicted octanol–water partition coefficient (Wildman–Crippen LogP) is 10.9. The van der Waals surface area contributed by atoms with Crippen LogP contribution in [0, 0.1) is 0 Å². The fraction of sp³-hybridized carbons (Fsp3) is 0.698. The van der Waals surface area contributed by atoms with Gasteiger partial charge in [0.05, 0.1) is 39.9 Å². The molecule has 3 atom stereocenters. The summed E-state index contributed by atoms with van der Waals surface area (Å²) in [5, 5.41) is 13.7. The van der Waals surface area contributed by atoms with Gasteiger partial charge in [-0.25, -0.2) is 4.57 Å². The quantitative estimate of drug-likeness (QED) is 0.0258. The maximum Gasteiger partial charge on any atom is 0.472 e. The number of carbonyl (C=O) groups is 1. The smallest absolute Gasteiger partial charge is 0.387 e. The summed E-state index contributed by atoms with van der Waals surface area (Å²) in [7, 11) is 1.52. The standard InChI is InChI=1S/C43H77N2O6P/c1-6-8-10-12-14-16-18-19-20-21-22-23-24-25-27-29-31-33-35-37-43(47)44-41(40-51-52(48,49)50-39-38-45(3,4)5)42(46)36-34-32-30-28-26-17-15-13-11-9-7-2/h11,13-14,16,19-20,22-23,26,28,34,36,41-42,46H,6-10,12,15,17-18,21,24-25,27,29-33,35,37-40H2,1-5H3,(H-,44,47,48,49)/p+1/b13-11+,16-14-,20-19-,23-22-,28-26+,36-34+. The number of hydrogen-bond donors (Lipinski definition) is 3. The molecule has 3 unspecified atom stereocenters. The summed E-state index contributed by atoms with van der Waals surface area (Å²) >= 11 is 0. The van der Waals surface area contributed by atoms with Crippen LogP contribution in [-0.2, 0) is 18.4 Å². The average Bonchev–Trinajstić information content (AvgIpc) is 3.09. The summed E-state index contributed by atoms with van der Waals surface area (Å²) < 4.78 is 23.4. The first kappa shape index (κ1) is 49.9. The molecule has 0 aromatic carbocycles. The number of carbonyl (C=O) groups excluding carboxylic acids is 1. The number of aliphatic hydroxyl groups is 1. The second-order valence-electron chi connectivity index (χ2n) is 14.6. The van der Waals surface area contributed by atoms with Gasteiger partial charge in [0.25, 0.3) is 0 Å². The zero-order valence-corrected chi connectivity index (χ0v) is 34.7. The average molecular weight is 750 g/mol. The van der Waals surface area contributed by atoms with Crippen LogP contribution in [-0.4, -0.2) is 73.4 Å². The van der Waals surface area contributed by atoms with Crippen LogP contribution >= 0.6 is 7.82 Å². The highest BCUT2D eigenvalue weighted by molar-refractivity contribution is 7.47. The lowest BCUT2D eigenvalue weighted by Crippen LogP contribution is -2.45. The van der Waals surface area contributed by atoms with Crippen molar-refractivity contribution in [2.75, 3.05) is 40.9 Å². The van der Waals surface area contributed by atoms with Crippen LogP contribution in [0.1, 0.15) is 142 Å². The lowest BCUT2D eigenvalue weighted by Gasteiger charge is -2.25. The highest BCUT2D eigenvalue weighted by Gasteiger charge is 2.27. The Morgan fingerprint density at radius 1 is 0.654 bits per heavy atom. The van der Waals surface area contributed by atoms with Crippen LogP contribution < -0.4 is 5.32 Å². The molecule has 0 spiro atoms. The number of phosphoric ester groups is 1. The molecule has 300 valence electrons. The number of unbranched alkanes of at least 4 members (excludes halogenated alkanes) is 12. The van der Waals surface area contributed by atoms with Crippen molar-refractivity contribution < 1.29 is 32.9 Å². The molecule has 0 saturated carbocycles. The van der Waals surface area contributed by atoms with E-state index in [-0.39, 0.29) is 19.1 Å². The van der Waals surface area contributed by atoms with Gasteiger partial charge in [-0.05, 0) is 77.0 Å². The number of allylic oxidation sites excluding steroid dienone is 11. The van der Waals surface area contributed by atoms with Crippen LogP contribution in [0.3, 0.4) is 0 Å². The number of aliphatic hydroxyl groups excluding tert-OH is 1. The van der Waals surface area contributed by atoms with Crippen molar-refractivity contribution in [2.24, 2.45) is 0 Å². The first-order valence-corrected chi connectivity index (χ1v) is 21.8. The number of rotatable bonds is 35.